The molecule has 4 nitrogen and oxygen atoms in total. The molecule has 1 saturated heterocycles. The van der Waals surface area contributed by atoms with E-state index in [1.165, 1.54) is 0 Å². The molecule has 0 bridgehead atoms. The summed E-state index contributed by atoms with van der Waals surface area (Å²) in [6.45, 7) is 8.24. The van der Waals surface area contributed by atoms with E-state index in [0.717, 1.165) is 38.8 Å². The normalized spacial score (nSPS) is 17.8. The van der Waals surface area contributed by atoms with Crippen LogP contribution >= 0.6 is 0 Å². The summed E-state index contributed by atoms with van der Waals surface area (Å²) in [4.78, 5) is 0. The van der Waals surface area contributed by atoms with Gasteiger partial charge < -0.3 is 19.8 Å². The maximum Gasteiger partial charge on any atom is 0.495 e. The Morgan fingerprint density at radius 1 is 0.893 bits per heavy atom. The Morgan fingerprint density at radius 3 is 2.11 bits per heavy atom. The molecule has 28 heavy (non-hydrogen) atoms. The van der Waals surface area contributed by atoms with Crippen molar-refractivity contribution < 1.29 is 14.0 Å². The van der Waals surface area contributed by atoms with Crippen LogP contribution in [0.3, 0.4) is 0 Å². The Kier molecular flexibility index (Phi) is 4.40. The fourth-order valence-electron chi connectivity index (χ4n) is 3.63. The molecule has 0 spiro atoms. The molecule has 144 valence electrons. The van der Waals surface area contributed by atoms with Gasteiger partial charge in [0.1, 0.15) is 5.75 Å². The van der Waals surface area contributed by atoms with Gasteiger partial charge in [-0.3, -0.25) is 0 Å². The lowest BCUT2D eigenvalue weighted by molar-refractivity contribution is 0.00578. The number of methoxy groups -OCH3 is 1. The summed E-state index contributed by atoms with van der Waals surface area (Å²) in [5, 5.41) is 2.09. The number of hydrogen-bond donors (Lipinski definition) is 1. The van der Waals surface area contributed by atoms with Crippen LogP contribution in [0.1, 0.15) is 27.7 Å². The molecule has 0 radical (unpaired) electrons. The minimum absolute atomic E-state index is 0.421. The number of fused-ring (bicyclic) bond motifs is 1. The Morgan fingerprint density at radius 2 is 1.50 bits per heavy atom. The number of rotatable bonds is 3. The van der Waals surface area contributed by atoms with Gasteiger partial charge in [0.05, 0.1) is 18.3 Å². The van der Waals surface area contributed by atoms with E-state index in [1.807, 2.05) is 42.5 Å². The predicted octanol–water partition coefficient (Wildman–Crippen LogP) is 4.40. The predicted molar refractivity (Wildman–Crippen MR) is 116 cm³/mol. The molecule has 1 aliphatic heterocycles. The lowest BCUT2D eigenvalue weighted by Gasteiger charge is -2.32. The molecule has 0 aromatic heterocycles. The molecule has 0 unspecified atom stereocenters. The van der Waals surface area contributed by atoms with Crippen molar-refractivity contribution in [3.05, 3.63) is 54.6 Å². The highest BCUT2D eigenvalue weighted by Crippen LogP contribution is 2.39. The Hall–Kier alpha value is -2.50. The first-order valence-corrected chi connectivity index (χ1v) is 9.55. The second kappa shape index (κ2) is 6.54. The molecule has 0 atom stereocenters. The van der Waals surface area contributed by atoms with E-state index in [9.17, 15) is 0 Å². The fourth-order valence-corrected chi connectivity index (χ4v) is 3.63. The van der Waals surface area contributed by atoms with Gasteiger partial charge in [-0.15, -0.1) is 0 Å². The van der Waals surface area contributed by atoms with Crippen LogP contribution in [0.2, 0.25) is 0 Å². The summed E-state index contributed by atoms with van der Waals surface area (Å²) >= 11 is 0. The third-order valence-corrected chi connectivity index (χ3v) is 6.01. The van der Waals surface area contributed by atoms with Gasteiger partial charge in [-0.1, -0.05) is 42.5 Å². The van der Waals surface area contributed by atoms with E-state index in [1.54, 1.807) is 7.11 Å². The monoisotopic (exact) mass is 375 g/mol. The molecule has 0 saturated carbocycles. The summed E-state index contributed by atoms with van der Waals surface area (Å²) in [6.07, 6.45) is 0. The van der Waals surface area contributed by atoms with Gasteiger partial charge in [-0.2, -0.15) is 0 Å². The van der Waals surface area contributed by atoms with Crippen molar-refractivity contribution >= 4 is 29.0 Å². The van der Waals surface area contributed by atoms with Gasteiger partial charge in [-0.25, -0.2) is 0 Å². The minimum atomic E-state index is -0.492. The van der Waals surface area contributed by atoms with Gasteiger partial charge in [0.2, 0.25) is 0 Å². The molecule has 0 amide bonds. The average molecular weight is 375 g/mol. The molecular formula is C23H26BNO3. The molecule has 1 fully saturated rings. The highest BCUT2D eigenvalue weighted by molar-refractivity contribution is 6.64. The summed E-state index contributed by atoms with van der Waals surface area (Å²) in [7, 11) is 1.17. The quantitative estimate of drug-likeness (QED) is 0.545. The van der Waals surface area contributed by atoms with Crippen LogP contribution in [-0.2, 0) is 9.31 Å². The van der Waals surface area contributed by atoms with Crippen LogP contribution < -0.4 is 15.9 Å². The summed E-state index contributed by atoms with van der Waals surface area (Å²) in [5.74, 6) is 0.806. The standard InChI is InChI=1S/C23H26BNO3/c1-22(2)23(3,4)28-24(27-22)19-14-16-8-6-7-9-18(16)21(25)20(19)15-10-12-17(26-5)13-11-15/h6-14H,25H2,1-5H3. The molecule has 5 heteroatoms. The largest absolute Gasteiger partial charge is 0.497 e. The lowest BCUT2D eigenvalue weighted by atomic mass is 9.72. The van der Waals surface area contributed by atoms with Crippen molar-refractivity contribution in [3.8, 4) is 16.9 Å². The lowest BCUT2D eigenvalue weighted by Crippen LogP contribution is -2.41. The van der Waals surface area contributed by atoms with Crippen molar-refractivity contribution in [2.75, 3.05) is 12.8 Å². The minimum Gasteiger partial charge on any atom is -0.497 e. The fraction of sp³-hybridized carbons (Fsp3) is 0.304. The highest BCUT2D eigenvalue weighted by Gasteiger charge is 2.52. The van der Waals surface area contributed by atoms with Crippen molar-refractivity contribution in [3.63, 3.8) is 0 Å². The zero-order valence-electron chi connectivity index (χ0n) is 17.1. The Labute approximate surface area is 166 Å². The molecule has 4 rings (SSSR count). The maximum absolute atomic E-state index is 6.68. The van der Waals surface area contributed by atoms with Gasteiger partial charge in [-0.05, 0) is 56.2 Å². The zero-order chi connectivity index (χ0) is 20.1. The molecule has 3 aromatic rings. The van der Waals surface area contributed by atoms with E-state index in [4.69, 9.17) is 19.8 Å². The third-order valence-electron chi connectivity index (χ3n) is 6.01. The van der Waals surface area contributed by atoms with Crippen LogP contribution in [0.4, 0.5) is 5.69 Å². The van der Waals surface area contributed by atoms with Crippen LogP contribution in [0.15, 0.2) is 54.6 Å². The van der Waals surface area contributed by atoms with Crippen molar-refractivity contribution in [1.82, 2.24) is 0 Å². The van der Waals surface area contributed by atoms with Crippen molar-refractivity contribution in [1.29, 1.82) is 0 Å². The summed E-state index contributed by atoms with van der Waals surface area (Å²) < 4.78 is 18.0. The van der Waals surface area contributed by atoms with Gasteiger partial charge >= 0.3 is 7.12 Å². The number of benzene rings is 3. The summed E-state index contributed by atoms with van der Waals surface area (Å²) in [5.41, 5.74) is 9.47. The van der Waals surface area contributed by atoms with E-state index in [2.05, 4.69) is 39.8 Å². The molecule has 3 aromatic carbocycles. The number of nitrogen functional groups attached to an aromatic ring is 1. The number of anilines is 1. The Balaban J connectivity index is 1.94. The van der Waals surface area contributed by atoms with Crippen molar-refractivity contribution in [2.45, 2.75) is 38.9 Å². The topological polar surface area (TPSA) is 53.7 Å². The highest BCUT2D eigenvalue weighted by atomic mass is 16.7. The van der Waals surface area contributed by atoms with Crippen LogP contribution in [-0.4, -0.2) is 25.4 Å². The first-order valence-electron chi connectivity index (χ1n) is 9.55. The molecule has 1 heterocycles. The SMILES string of the molecule is COc1ccc(-c2c(B3OC(C)(C)C(C)(C)O3)cc3ccccc3c2N)cc1. The molecular weight excluding hydrogens is 349 g/mol. The summed E-state index contributed by atoms with van der Waals surface area (Å²) in [6, 6.07) is 18.2. The maximum atomic E-state index is 6.68. The van der Waals surface area contributed by atoms with Crippen LogP contribution in [0.5, 0.6) is 5.75 Å². The van der Waals surface area contributed by atoms with Crippen molar-refractivity contribution in [2.24, 2.45) is 0 Å². The van der Waals surface area contributed by atoms with E-state index in [0.29, 0.717) is 0 Å². The van der Waals surface area contributed by atoms with E-state index >= 15 is 0 Å². The zero-order valence-corrected chi connectivity index (χ0v) is 17.1. The number of hydrogen-bond acceptors (Lipinski definition) is 4. The molecule has 2 N–H and O–H groups in total. The van der Waals surface area contributed by atoms with Gasteiger partial charge in [0.25, 0.3) is 0 Å². The van der Waals surface area contributed by atoms with Gasteiger partial charge in [0, 0.05) is 16.6 Å². The molecule has 1 aliphatic rings. The van der Waals surface area contributed by atoms with Crippen LogP contribution in [0.25, 0.3) is 21.9 Å². The first kappa shape index (κ1) is 18.8. The third kappa shape index (κ3) is 2.95. The Bertz CT molecular complexity index is 1010. The first-order chi connectivity index (χ1) is 13.2. The second-order valence-electron chi connectivity index (χ2n) is 8.29. The number of nitrogens with two attached hydrogens (primary N) is 1. The van der Waals surface area contributed by atoms with E-state index in [-0.39, 0.29) is 0 Å². The average Bonchev–Trinajstić information content (AvgIpc) is 2.89. The van der Waals surface area contributed by atoms with E-state index < -0.39 is 18.3 Å². The second-order valence-corrected chi connectivity index (χ2v) is 8.29. The number of ether oxygens (including phenoxy) is 1. The van der Waals surface area contributed by atoms with Gasteiger partial charge in [0.15, 0.2) is 0 Å². The smallest absolute Gasteiger partial charge is 0.495 e. The molecule has 0 aliphatic carbocycles. The van der Waals surface area contributed by atoms with Crippen LogP contribution in [0, 0.1) is 0 Å².